The quantitative estimate of drug-likeness (QED) is 0.628. The highest BCUT2D eigenvalue weighted by Gasteiger charge is 2.23. The Morgan fingerprint density at radius 1 is 1.08 bits per heavy atom. The SMILES string of the molecule is CCN1CCOc2cc3c(cc21)Cc1cc2c(cc1=N3)OCC[N+]=2C. The van der Waals surface area contributed by atoms with Gasteiger partial charge < -0.3 is 14.4 Å². The molecular weight excluding hydrogens is 314 g/mol. The molecule has 0 aliphatic carbocycles. The third-order valence-corrected chi connectivity index (χ3v) is 5.38. The molecule has 0 saturated carbocycles. The van der Waals surface area contributed by atoms with Gasteiger partial charge in [-0.2, -0.15) is 0 Å². The second-order valence-corrected chi connectivity index (χ2v) is 6.88. The molecule has 0 fully saturated rings. The van der Waals surface area contributed by atoms with Crippen molar-refractivity contribution in [3.8, 4) is 11.5 Å². The molecule has 25 heavy (non-hydrogen) atoms. The molecule has 2 aromatic carbocycles. The summed E-state index contributed by atoms with van der Waals surface area (Å²) in [6, 6.07) is 8.69. The fourth-order valence-electron chi connectivity index (χ4n) is 3.93. The van der Waals surface area contributed by atoms with Crippen LogP contribution >= 0.6 is 0 Å². The normalized spacial score (nSPS) is 17.4. The average Bonchev–Trinajstić information content (AvgIpc) is 2.63. The maximum Gasteiger partial charge on any atom is 0.242 e. The molecule has 0 N–H and O–H groups in total. The second kappa shape index (κ2) is 5.48. The van der Waals surface area contributed by atoms with Crippen molar-refractivity contribution in [1.82, 2.24) is 4.58 Å². The Labute approximate surface area is 146 Å². The van der Waals surface area contributed by atoms with E-state index in [2.05, 4.69) is 47.7 Å². The highest BCUT2D eigenvalue weighted by Crippen LogP contribution is 2.39. The molecule has 0 amide bonds. The number of ether oxygens (including phenoxy) is 2. The van der Waals surface area contributed by atoms with Crippen molar-refractivity contribution in [1.29, 1.82) is 0 Å². The van der Waals surface area contributed by atoms with Crippen LogP contribution in [0, 0.1) is 0 Å². The van der Waals surface area contributed by atoms with Crippen molar-refractivity contribution in [3.05, 3.63) is 46.1 Å². The summed E-state index contributed by atoms with van der Waals surface area (Å²) in [6.45, 7) is 6.54. The molecule has 128 valence electrons. The van der Waals surface area contributed by atoms with Crippen LogP contribution in [0.15, 0.2) is 29.3 Å². The van der Waals surface area contributed by atoms with Gasteiger partial charge in [-0.05, 0) is 24.1 Å². The maximum atomic E-state index is 5.88. The summed E-state index contributed by atoms with van der Waals surface area (Å²) in [6.07, 6.45) is 0.903. The predicted octanol–water partition coefficient (Wildman–Crippen LogP) is 1.27. The maximum absolute atomic E-state index is 5.88. The van der Waals surface area contributed by atoms with Gasteiger partial charge >= 0.3 is 0 Å². The molecule has 0 saturated heterocycles. The van der Waals surface area contributed by atoms with E-state index in [0.717, 1.165) is 61.8 Å². The first-order chi connectivity index (χ1) is 12.2. The Kier molecular flexibility index (Phi) is 3.23. The van der Waals surface area contributed by atoms with Crippen molar-refractivity contribution >= 4 is 11.4 Å². The van der Waals surface area contributed by atoms with Crippen molar-refractivity contribution in [2.75, 3.05) is 44.8 Å². The van der Waals surface area contributed by atoms with Gasteiger partial charge in [-0.15, -0.1) is 0 Å². The van der Waals surface area contributed by atoms with Crippen LogP contribution in [0.4, 0.5) is 11.4 Å². The highest BCUT2D eigenvalue weighted by atomic mass is 16.5. The first-order valence-corrected chi connectivity index (χ1v) is 9.00. The molecule has 0 unspecified atom stereocenters. The van der Waals surface area contributed by atoms with E-state index in [1.807, 2.05) is 0 Å². The summed E-state index contributed by atoms with van der Waals surface area (Å²) >= 11 is 0. The number of benzene rings is 2. The molecule has 5 heteroatoms. The number of hydrogen-bond acceptors (Lipinski definition) is 4. The minimum atomic E-state index is 0.729. The molecule has 2 aromatic rings. The van der Waals surface area contributed by atoms with Gasteiger partial charge in [0.25, 0.3) is 0 Å². The molecule has 0 bridgehead atoms. The fourth-order valence-corrected chi connectivity index (χ4v) is 3.93. The van der Waals surface area contributed by atoms with E-state index in [1.165, 1.54) is 22.2 Å². The van der Waals surface area contributed by atoms with E-state index in [0.29, 0.717) is 0 Å². The van der Waals surface area contributed by atoms with E-state index >= 15 is 0 Å². The van der Waals surface area contributed by atoms with Crippen LogP contribution in [0.2, 0.25) is 0 Å². The Morgan fingerprint density at radius 3 is 2.84 bits per heavy atom. The standard InChI is InChI=1S/C20H22N3O2/c1-3-23-5-7-25-20-12-16-14(10-18(20)23)8-13-9-17-19(11-15(13)21-16)24-6-4-22(17)2/h9-12H,3-8H2,1-2H3/q+1. The van der Waals surface area contributed by atoms with Crippen LogP contribution in [0.25, 0.3) is 0 Å². The predicted molar refractivity (Wildman–Crippen MR) is 97.0 cm³/mol. The van der Waals surface area contributed by atoms with E-state index in [1.54, 1.807) is 0 Å². The van der Waals surface area contributed by atoms with E-state index in [4.69, 9.17) is 14.5 Å². The van der Waals surface area contributed by atoms with Gasteiger partial charge in [-0.3, -0.25) is 0 Å². The van der Waals surface area contributed by atoms with Crippen LogP contribution < -0.4 is 29.7 Å². The Morgan fingerprint density at radius 2 is 1.96 bits per heavy atom. The van der Waals surface area contributed by atoms with Gasteiger partial charge in [-0.1, -0.05) is 0 Å². The zero-order valence-electron chi connectivity index (χ0n) is 14.7. The van der Waals surface area contributed by atoms with E-state index in [-0.39, 0.29) is 0 Å². The average molecular weight is 336 g/mol. The van der Waals surface area contributed by atoms with Crippen molar-refractivity contribution < 1.29 is 9.47 Å². The molecule has 0 atom stereocenters. The van der Waals surface area contributed by atoms with Gasteiger partial charge in [0.1, 0.15) is 26.0 Å². The number of rotatable bonds is 1. The minimum Gasteiger partial charge on any atom is -0.489 e. The lowest BCUT2D eigenvalue weighted by molar-refractivity contribution is 0.280. The number of likely N-dealkylation sites (N-methyl/N-ethyl adjacent to an activating group) is 2. The van der Waals surface area contributed by atoms with Crippen LogP contribution in [0.1, 0.15) is 18.1 Å². The smallest absolute Gasteiger partial charge is 0.242 e. The summed E-state index contributed by atoms with van der Waals surface area (Å²) < 4.78 is 14.0. The first kappa shape index (κ1) is 14.8. The number of fused-ring (bicyclic) bond motifs is 4. The monoisotopic (exact) mass is 336 g/mol. The molecule has 3 aliphatic rings. The molecule has 0 aromatic heterocycles. The van der Waals surface area contributed by atoms with Crippen LogP contribution in [0.3, 0.4) is 0 Å². The summed E-state index contributed by atoms with van der Waals surface area (Å²) in [5.74, 6) is 1.89. The third-order valence-electron chi connectivity index (χ3n) is 5.38. The lowest BCUT2D eigenvalue weighted by Gasteiger charge is -2.31. The molecule has 0 spiro atoms. The van der Waals surface area contributed by atoms with Crippen LogP contribution in [0.5, 0.6) is 11.5 Å². The summed E-state index contributed by atoms with van der Waals surface area (Å²) in [4.78, 5) is 7.28. The second-order valence-electron chi connectivity index (χ2n) is 6.88. The molecule has 3 heterocycles. The van der Waals surface area contributed by atoms with E-state index < -0.39 is 0 Å². The highest BCUT2D eigenvalue weighted by molar-refractivity contribution is 5.69. The number of anilines is 1. The topological polar surface area (TPSA) is 37.1 Å². The van der Waals surface area contributed by atoms with Gasteiger partial charge in [0, 0.05) is 31.2 Å². The first-order valence-electron chi connectivity index (χ1n) is 9.00. The summed E-state index contributed by atoms with van der Waals surface area (Å²) in [7, 11) is 2.12. The minimum absolute atomic E-state index is 0.729. The molecule has 5 nitrogen and oxygen atoms in total. The molecule has 5 rings (SSSR count). The number of nitrogens with zero attached hydrogens (tertiary/aromatic N) is 3. The van der Waals surface area contributed by atoms with Crippen LogP contribution in [-0.2, 0) is 6.42 Å². The van der Waals surface area contributed by atoms with Crippen LogP contribution in [-0.4, -0.2) is 39.9 Å². The Hall–Kier alpha value is -2.56. The molecule has 3 aliphatic heterocycles. The summed E-state index contributed by atoms with van der Waals surface area (Å²) in [5.41, 5.74) is 4.76. The zero-order chi connectivity index (χ0) is 17.0. The van der Waals surface area contributed by atoms with Gasteiger partial charge in [0.2, 0.25) is 5.36 Å². The largest absolute Gasteiger partial charge is 0.489 e. The summed E-state index contributed by atoms with van der Waals surface area (Å²) in [5, 5.41) is 2.18. The fraction of sp³-hybridized carbons (Fsp3) is 0.400. The van der Waals surface area contributed by atoms with Crippen molar-refractivity contribution in [2.24, 2.45) is 4.99 Å². The molecule has 0 radical (unpaired) electrons. The zero-order valence-corrected chi connectivity index (χ0v) is 14.7. The van der Waals surface area contributed by atoms with Gasteiger partial charge in [0.15, 0.2) is 12.3 Å². The van der Waals surface area contributed by atoms with Gasteiger partial charge in [0.05, 0.1) is 23.3 Å². The van der Waals surface area contributed by atoms with Crippen molar-refractivity contribution in [3.63, 3.8) is 0 Å². The van der Waals surface area contributed by atoms with Gasteiger partial charge in [-0.25, -0.2) is 9.57 Å². The Bertz CT molecular complexity index is 997. The van der Waals surface area contributed by atoms with Crippen molar-refractivity contribution in [2.45, 2.75) is 13.3 Å². The van der Waals surface area contributed by atoms with E-state index in [9.17, 15) is 0 Å². The Balaban J connectivity index is 1.68. The third kappa shape index (κ3) is 2.29. The number of hydrogen-bond donors (Lipinski definition) is 0. The lowest BCUT2D eigenvalue weighted by atomic mass is 9.97. The molecular formula is C20H22N3O2+. The lowest BCUT2D eigenvalue weighted by Crippen LogP contribution is -2.38.